The highest BCUT2D eigenvalue weighted by Crippen LogP contribution is 2.25. The molecule has 0 atom stereocenters. The number of hydrogen-bond donors (Lipinski definition) is 2. The Bertz CT molecular complexity index is 1160. The van der Waals surface area contributed by atoms with Crippen LogP contribution in [0.3, 0.4) is 0 Å². The summed E-state index contributed by atoms with van der Waals surface area (Å²) >= 11 is 0. The van der Waals surface area contributed by atoms with Gasteiger partial charge in [0.1, 0.15) is 18.1 Å². The summed E-state index contributed by atoms with van der Waals surface area (Å²) in [4.78, 5) is 11.9. The Morgan fingerprint density at radius 3 is 2.27 bits per heavy atom. The van der Waals surface area contributed by atoms with E-state index in [9.17, 15) is 30.8 Å². The lowest BCUT2D eigenvalue weighted by molar-refractivity contribution is -0.121. The highest BCUT2D eigenvalue weighted by atomic mass is 32.2. The van der Waals surface area contributed by atoms with Crippen molar-refractivity contribution in [2.75, 3.05) is 11.9 Å². The van der Waals surface area contributed by atoms with Gasteiger partial charge in [-0.25, -0.2) is 17.5 Å². The first kappa shape index (κ1) is 21.5. The van der Waals surface area contributed by atoms with Crippen molar-refractivity contribution in [2.24, 2.45) is 0 Å². The van der Waals surface area contributed by atoms with E-state index < -0.39 is 39.4 Å². The zero-order valence-electron chi connectivity index (χ0n) is 15.0. The smallest absolute Gasteiger partial charge is 0.402 e. The second kappa shape index (κ2) is 8.28. The molecule has 1 heterocycles. The van der Waals surface area contributed by atoms with Gasteiger partial charge in [-0.05, 0) is 48.5 Å². The number of hydrogen-bond acceptors (Lipinski definition) is 4. The molecule has 30 heavy (non-hydrogen) atoms. The minimum Gasteiger partial charge on any atom is -0.451 e. The van der Waals surface area contributed by atoms with Crippen LogP contribution in [0.25, 0.3) is 11.3 Å². The van der Waals surface area contributed by atoms with E-state index in [1.54, 1.807) is 6.07 Å². The monoisotopic (exact) mass is 442 g/mol. The van der Waals surface area contributed by atoms with Gasteiger partial charge in [0, 0.05) is 5.69 Å². The van der Waals surface area contributed by atoms with Gasteiger partial charge in [-0.3, -0.25) is 4.79 Å². The highest BCUT2D eigenvalue weighted by molar-refractivity contribution is 7.89. The van der Waals surface area contributed by atoms with E-state index in [0.717, 1.165) is 12.1 Å². The quantitative estimate of drug-likeness (QED) is 0.561. The molecule has 0 aliphatic heterocycles. The standard InChI is InChI=1S/C19H14F4N2O4S/c20-15-4-2-1-3-14(15)16-9-10-17(29-16)18(26)25-12-5-7-13(8-6-12)30(27,28)24-11-19(21,22)23/h1-10,24H,11H2,(H,25,26). The summed E-state index contributed by atoms with van der Waals surface area (Å²) in [5, 5.41) is 2.45. The SMILES string of the molecule is O=C(Nc1ccc(S(=O)(=O)NCC(F)(F)F)cc1)c1ccc(-c2ccccc2F)o1. The van der Waals surface area contributed by atoms with Crippen molar-refractivity contribution in [3.05, 3.63) is 72.2 Å². The van der Waals surface area contributed by atoms with Crippen molar-refractivity contribution < 1.29 is 35.2 Å². The van der Waals surface area contributed by atoms with Crippen molar-refractivity contribution in [2.45, 2.75) is 11.1 Å². The van der Waals surface area contributed by atoms with Crippen molar-refractivity contribution in [1.29, 1.82) is 0 Å². The molecule has 1 amide bonds. The fourth-order valence-electron chi connectivity index (χ4n) is 2.44. The maximum absolute atomic E-state index is 13.8. The van der Waals surface area contributed by atoms with Gasteiger partial charge in [0.2, 0.25) is 10.0 Å². The number of amides is 1. The van der Waals surface area contributed by atoms with E-state index in [0.29, 0.717) is 0 Å². The summed E-state index contributed by atoms with van der Waals surface area (Å²) in [6.45, 7) is -1.70. The fraction of sp³-hybridized carbons (Fsp3) is 0.105. The van der Waals surface area contributed by atoms with Crippen LogP contribution in [0.4, 0.5) is 23.2 Å². The Morgan fingerprint density at radius 2 is 1.63 bits per heavy atom. The molecule has 0 aliphatic rings. The number of benzene rings is 2. The first-order valence-electron chi connectivity index (χ1n) is 8.38. The summed E-state index contributed by atoms with van der Waals surface area (Å²) in [6, 6.07) is 13.1. The maximum atomic E-state index is 13.8. The van der Waals surface area contributed by atoms with Gasteiger partial charge >= 0.3 is 6.18 Å². The summed E-state index contributed by atoms with van der Waals surface area (Å²) in [6.07, 6.45) is -4.69. The lowest BCUT2D eigenvalue weighted by Crippen LogP contribution is -2.33. The molecule has 3 rings (SSSR count). The van der Waals surface area contributed by atoms with Crippen molar-refractivity contribution in [1.82, 2.24) is 4.72 Å². The third kappa shape index (κ3) is 5.24. The molecule has 0 unspecified atom stereocenters. The predicted octanol–water partition coefficient (Wildman–Crippen LogP) is 4.18. The molecule has 2 aromatic carbocycles. The molecule has 6 nitrogen and oxygen atoms in total. The van der Waals surface area contributed by atoms with Crippen molar-refractivity contribution in [3.63, 3.8) is 0 Å². The van der Waals surface area contributed by atoms with Crippen LogP contribution < -0.4 is 10.0 Å². The molecule has 0 fully saturated rings. The normalized spacial score (nSPS) is 12.0. The van der Waals surface area contributed by atoms with Crippen LogP contribution in [0.1, 0.15) is 10.6 Å². The number of furan rings is 1. The molecule has 158 valence electrons. The first-order chi connectivity index (χ1) is 14.0. The average molecular weight is 442 g/mol. The van der Waals surface area contributed by atoms with Gasteiger partial charge in [0.15, 0.2) is 5.76 Å². The van der Waals surface area contributed by atoms with Gasteiger partial charge in [-0.15, -0.1) is 0 Å². The molecule has 0 saturated carbocycles. The van der Waals surface area contributed by atoms with Gasteiger partial charge in [0.25, 0.3) is 5.91 Å². The van der Waals surface area contributed by atoms with Crippen LogP contribution in [-0.2, 0) is 10.0 Å². The Balaban J connectivity index is 1.69. The molecule has 3 aromatic rings. The molecule has 2 N–H and O–H groups in total. The number of carbonyl (C=O) groups is 1. The first-order valence-corrected chi connectivity index (χ1v) is 9.86. The molecular formula is C19H14F4N2O4S. The number of alkyl halides is 3. The Kier molecular flexibility index (Phi) is 5.94. The Hall–Kier alpha value is -3.18. The van der Waals surface area contributed by atoms with Gasteiger partial charge in [-0.2, -0.15) is 13.2 Å². The second-order valence-corrected chi connectivity index (χ2v) is 7.83. The number of sulfonamides is 1. The number of nitrogens with one attached hydrogen (secondary N) is 2. The molecular weight excluding hydrogens is 428 g/mol. The Labute approximate surface area is 168 Å². The molecule has 0 spiro atoms. The van der Waals surface area contributed by atoms with Crippen LogP contribution >= 0.6 is 0 Å². The van der Waals surface area contributed by atoms with Crippen LogP contribution in [0.15, 0.2) is 70.0 Å². The molecule has 1 aromatic heterocycles. The van der Waals surface area contributed by atoms with E-state index in [1.165, 1.54) is 47.2 Å². The Morgan fingerprint density at radius 1 is 0.967 bits per heavy atom. The largest absolute Gasteiger partial charge is 0.451 e. The number of anilines is 1. The van der Waals surface area contributed by atoms with Crippen molar-refractivity contribution in [3.8, 4) is 11.3 Å². The number of halogens is 4. The summed E-state index contributed by atoms with van der Waals surface area (Å²) < 4.78 is 80.9. The van der Waals surface area contributed by atoms with E-state index in [1.807, 2.05) is 0 Å². The van der Waals surface area contributed by atoms with E-state index in [4.69, 9.17) is 4.42 Å². The molecule has 0 bridgehead atoms. The molecule has 11 heteroatoms. The van der Waals surface area contributed by atoms with Gasteiger partial charge in [0.05, 0.1) is 10.5 Å². The summed E-state index contributed by atoms with van der Waals surface area (Å²) in [7, 11) is -4.36. The third-order valence-electron chi connectivity index (χ3n) is 3.85. The average Bonchev–Trinajstić information content (AvgIpc) is 3.17. The zero-order valence-corrected chi connectivity index (χ0v) is 15.9. The summed E-state index contributed by atoms with van der Waals surface area (Å²) in [5.74, 6) is -1.16. The predicted molar refractivity (Wildman–Crippen MR) is 99.7 cm³/mol. The van der Waals surface area contributed by atoms with Crippen LogP contribution in [-0.4, -0.2) is 27.0 Å². The second-order valence-electron chi connectivity index (χ2n) is 6.06. The van der Waals surface area contributed by atoms with Crippen LogP contribution in [0.2, 0.25) is 0 Å². The minimum absolute atomic E-state index is 0.114. The minimum atomic E-state index is -4.69. The maximum Gasteiger partial charge on any atom is 0.402 e. The number of carbonyl (C=O) groups excluding carboxylic acids is 1. The zero-order chi connectivity index (χ0) is 21.9. The third-order valence-corrected chi connectivity index (χ3v) is 5.27. The fourth-order valence-corrected chi connectivity index (χ4v) is 3.45. The lowest BCUT2D eigenvalue weighted by Gasteiger charge is -2.10. The van der Waals surface area contributed by atoms with Crippen molar-refractivity contribution >= 4 is 21.6 Å². The van der Waals surface area contributed by atoms with E-state index >= 15 is 0 Å². The van der Waals surface area contributed by atoms with Crippen LogP contribution in [0.5, 0.6) is 0 Å². The van der Waals surface area contributed by atoms with E-state index in [2.05, 4.69) is 5.32 Å². The molecule has 0 saturated heterocycles. The summed E-state index contributed by atoms with van der Waals surface area (Å²) in [5.41, 5.74) is 0.357. The number of rotatable bonds is 6. The van der Waals surface area contributed by atoms with Crippen LogP contribution in [0, 0.1) is 5.82 Å². The van der Waals surface area contributed by atoms with Gasteiger partial charge in [-0.1, -0.05) is 12.1 Å². The van der Waals surface area contributed by atoms with Gasteiger partial charge < -0.3 is 9.73 Å². The molecule has 0 radical (unpaired) electrons. The molecule has 0 aliphatic carbocycles. The van der Waals surface area contributed by atoms with E-state index in [-0.39, 0.29) is 22.8 Å². The highest BCUT2D eigenvalue weighted by Gasteiger charge is 2.30. The topological polar surface area (TPSA) is 88.4 Å². The lowest BCUT2D eigenvalue weighted by atomic mass is 10.1.